The summed E-state index contributed by atoms with van der Waals surface area (Å²) < 4.78 is 13.5. The molecule has 0 heterocycles. The number of thioether (sulfide) groups is 1. The fourth-order valence-electron chi connectivity index (χ4n) is 1.11. The lowest BCUT2D eigenvalue weighted by Gasteiger charge is -2.07. The van der Waals surface area contributed by atoms with Crippen LogP contribution in [0.25, 0.3) is 5.70 Å². The minimum absolute atomic E-state index is 0.267. The Morgan fingerprint density at radius 1 is 1.33 bits per heavy atom. The van der Waals surface area contributed by atoms with Crippen molar-refractivity contribution in [3.05, 3.63) is 41.2 Å². The van der Waals surface area contributed by atoms with E-state index in [9.17, 15) is 4.39 Å². The maximum absolute atomic E-state index is 12.7. The van der Waals surface area contributed by atoms with Crippen molar-refractivity contribution >= 4 is 33.9 Å². The lowest BCUT2D eigenvalue weighted by molar-refractivity contribution is 0.627. The van der Waals surface area contributed by atoms with Crippen molar-refractivity contribution in [1.29, 1.82) is 0 Å². The largest absolute Gasteiger partial charge is 0.398 e. The van der Waals surface area contributed by atoms with Crippen LogP contribution >= 0.6 is 24.0 Å². The molecule has 0 radical (unpaired) electrons. The summed E-state index contributed by atoms with van der Waals surface area (Å²) in [7, 11) is 0. The van der Waals surface area contributed by atoms with Gasteiger partial charge < -0.3 is 5.73 Å². The summed E-state index contributed by atoms with van der Waals surface area (Å²) in [5.74, 6) is -0.267. The first-order valence-corrected chi connectivity index (χ1v) is 6.00. The van der Waals surface area contributed by atoms with E-state index < -0.39 is 0 Å². The van der Waals surface area contributed by atoms with E-state index in [2.05, 4.69) is 0 Å². The number of hydrogen-bond acceptors (Lipinski definition) is 3. The number of nitrogens with two attached hydrogens (primary N) is 1. The van der Waals surface area contributed by atoms with Crippen LogP contribution in [-0.2, 0) is 0 Å². The van der Waals surface area contributed by atoms with Gasteiger partial charge in [0.25, 0.3) is 0 Å². The van der Waals surface area contributed by atoms with Gasteiger partial charge in [-0.15, -0.1) is 11.8 Å². The monoisotopic (exact) mass is 241 g/mol. The molecule has 0 amide bonds. The molecule has 0 fully saturated rings. The van der Waals surface area contributed by atoms with Crippen LogP contribution in [0.2, 0.25) is 0 Å². The van der Waals surface area contributed by atoms with Gasteiger partial charge in [0.2, 0.25) is 0 Å². The van der Waals surface area contributed by atoms with E-state index in [0.717, 1.165) is 15.3 Å². The second-order valence-electron chi connectivity index (χ2n) is 3.04. The van der Waals surface area contributed by atoms with Crippen LogP contribution in [-0.4, -0.2) is 10.5 Å². The van der Waals surface area contributed by atoms with E-state index >= 15 is 0 Å². The van der Waals surface area contributed by atoms with Gasteiger partial charge in [0.15, 0.2) is 0 Å². The standard InChI is InChI=1S/C11H12FNS2/c1-7(11(14)15-2)10(13)8-3-5-9(12)6-4-8/h3-6H,13H2,1-2H3/b10-7-. The molecule has 0 aliphatic carbocycles. The number of rotatable bonds is 2. The Bertz CT molecular complexity index is 396. The van der Waals surface area contributed by atoms with Crippen molar-refractivity contribution in [2.45, 2.75) is 6.92 Å². The lowest BCUT2D eigenvalue weighted by Crippen LogP contribution is -2.04. The molecule has 0 spiro atoms. The Morgan fingerprint density at radius 3 is 2.33 bits per heavy atom. The first-order chi connectivity index (χ1) is 7.06. The molecule has 0 aliphatic heterocycles. The van der Waals surface area contributed by atoms with Gasteiger partial charge in [-0.2, -0.15) is 0 Å². The normalized spacial score (nSPS) is 12.2. The van der Waals surface area contributed by atoms with Crippen LogP contribution in [0.1, 0.15) is 12.5 Å². The molecule has 1 nitrogen and oxygen atoms in total. The molecule has 0 atom stereocenters. The zero-order valence-electron chi connectivity index (χ0n) is 8.58. The number of thiocarbonyl (C=S) groups is 1. The molecule has 0 aliphatic rings. The van der Waals surface area contributed by atoms with Crippen molar-refractivity contribution in [3.8, 4) is 0 Å². The maximum Gasteiger partial charge on any atom is 0.123 e. The third kappa shape index (κ3) is 3.04. The van der Waals surface area contributed by atoms with Gasteiger partial charge in [-0.05, 0) is 48.6 Å². The second-order valence-corrected chi connectivity index (χ2v) is 4.52. The number of halogens is 1. The van der Waals surface area contributed by atoms with Crippen LogP contribution < -0.4 is 5.73 Å². The molecule has 15 heavy (non-hydrogen) atoms. The van der Waals surface area contributed by atoms with Gasteiger partial charge in [0.05, 0.1) is 4.20 Å². The summed E-state index contributed by atoms with van der Waals surface area (Å²) in [5, 5.41) is 0. The highest BCUT2D eigenvalue weighted by molar-refractivity contribution is 8.23. The van der Waals surface area contributed by atoms with Crippen molar-refractivity contribution in [2.24, 2.45) is 5.73 Å². The van der Waals surface area contributed by atoms with Crippen molar-refractivity contribution < 1.29 is 4.39 Å². The molecular formula is C11H12FNS2. The van der Waals surface area contributed by atoms with Crippen LogP contribution in [0.3, 0.4) is 0 Å². The van der Waals surface area contributed by atoms with Gasteiger partial charge in [-0.25, -0.2) is 4.39 Å². The first-order valence-electron chi connectivity index (χ1n) is 4.37. The van der Waals surface area contributed by atoms with Gasteiger partial charge in [-0.1, -0.05) is 12.2 Å². The van der Waals surface area contributed by atoms with E-state index in [0.29, 0.717) is 5.70 Å². The molecule has 4 heteroatoms. The van der Waals surface area contributed by atoms with E-state index in [-0.39, 0.29) is 5.82 Å². The van der Waals surface area contributed by atoms with Crippen LogP contribution in [0.15, 0.2) is 29.8 Å². The molecular weight excluding hydrogens is 229 g/mol. The fourth-order valence-corrected chi connectivity index (χ4v) is 1.64. The Balaban J connectivity index is 3.07. The third-order valence-electron chi connectivity index (χ3n) is 2.05. The van der Waals surface area contributed by atoms with Crippen LogP contribution in [0.4, 0.5) is 4.39 Å². The topological polar surface area (TPSA) is 26.0 Å². The predicted molar refractivity (Wildman–Crippen MR) is 69.3 cm³/mol. The van der Waals surface area contributed by atoms with E-state index in [4.69, 9.17) is 18.0 Å². The highest BCUT2D eigenvalue weighted by Gasteiger charge is 2.05. The van der Waals surface area contributed by atoms with Gasteiger partial charge in [0, 0.05) is 5.70 Å². The predicted octanol–water partition coefficient (Wildman–Crippen LogP) is 3.21. The van der Waals surface area contributed by atoms with Gasteiger partial charge in [-0.3, -0.25) is 0 Å². The van der Waals surface area contributed by atoms with Crippen LogP contribution in [0, 0.1) is 5.82 Å². The number of hydrogen-bond donors (Lipinski definition) is 1. The second kappa shape index (κ2) is 5.28. The van der Waals surface area contributed by atoms with E-state index in [1.165, 1.54) is 23.9 Å². The first kappa shape index (κ1) is 12.2. The van der Waals surface area contributed by atoms with Gasteiger partial charge >= 0.3 is 0 Å². The Hall–Kier alpha value is -0.870. The molecule has 0 aromatic heterocycles. The molecule has 0 bridgehead atoms. The average Bonchev–Trinajstić information content (AvgIpc) is 2.27. The Kier molecular flexibility index (Phi) is 4.29. The van der Waals surface area contributed by atoms with Crippen molar-refractivity contribution in [3.63, 3.8) is 0 Å². The highest BCUT2D eigenvalue weighted by Crippen LogP contribution is 2.18. The quantitative estimate of drug-likeness (QED) is 0.636. The van der Waals surface area contributed by atoms with Crippen molar-refractivity contribution in [1.82, 2.24) is 0 Å². The zero-order valence-corrected chi connectivity index (χ0v) is 10.2. The molecule has 80 valence electrons. The van der Waals surface area contributed by atoms with Crippen LogP contribution in [0.5, 0.6) is 0 Å². The summed E-state index contributed by atoms with van der Waals surface area (Å²) >= 11 is 6.61. The number of benzene rings is 1. The maximum atomic E-state index is 12.7. The summed E-state index contributed by atoms with van der Waals surface area (Å²) in [6.07, 6.45) is 1.91. The molecule has 1 rings (SSSR count). The van der Waals surface area contributed by atoms with Gasteiger partial charge in [0.1, 0.15) is 5.82 Å². The summed E-state index contributed by atoms with van der Waals surface area (Å²) in [5.41, 5.74) is 8.19. The molecule has 1 aromatic rings. The van der Waals surface area contributed by atoms with E-state index in [1.54, 1.807) is 12.1 Å². The molecule has 0 saturated carbocycles. The lowest BCUT2D eigenvalue weighted by atomic mass is 10.1. The molecule has 0 saturated heterocycles. The highest BCUT2D eigenvalue weighted by atomic mass is 32.2. The van der Waals surface area contributed by atoms with Crippen molar-refractivity contribution in [2.75, 3.05) is 6.26 Å². The summed E-state index contributed by atoms with van der Waals surface area (Å²) in [6, 6.07) is 6.07. The fraction of sp³-hybridized carbons (Fsp3) is 0.182. The van der Waals surface area contributed by atoms with E-state index in [1.807, 2.05) is 13.2 Å². The molecule has 1 aromatic carbocycles. The zero-order chi connectivity index (χ0) is 11.4. The summed E-state index contributed by atoms with van der Waals surface area (Å²) in [4.78, 5) is 0. The Labute approximate surface area is 98.6 Å². The molecule has 2 N–H and O–H groups in total. The average molecular weight is 241 g/mol. The minimum atomic E-state index is -0.267. The summed E-state index contributed by atoms with van der Waals surface area (Å²) in [6.45, 7) is 1.87. The Morgan fingerprint density at radius 2 is 1.87 bits per heavy atom. The smallest absolute Gasteiger partial charge is 0.123 e. The molecule has 0 unspecified atom stereocenters. The SMILES string of the molecule is CSC(=S)/C(C)=C(\N)c1ccc(F)cc1. The third-order valence-corrected chi connectivity index (χ3v) is 3.53. The minimum Gasteiger partial charge on any atom is -0.398 e.